The Hall–Kier alpha value is -0.340. The van der Waals surface area contributed by atoms with Gasteiger partial charge in [-0.2, -0.15) is 0 Å². The number of allylic oxidation sites excluding steroid dienone is 1. The molecule has 0 saturated carbocycles. The minimum atomic E-state index is 0.177. The van der Waals surface area contributed by atoms with E-state index in [1.807, 2.05) is 6.08 Å². The highest BCUT2D eigenvalue weighted by atomic mass is 16.5. The van der Waals surface area contributed by atoms with E-state index in [9.17, 15) is 0 Å². The summed E-state index contributed by atoms with van der Waals surface area (Å²) in [5, 5.41) is 3.50. The van der Waals surface area contributed by atoms with Gasteiger partial charge in [-0.25, -0.2) is 0 Å². The molecule has 0 radical (unpaired) electrons. The molecule has 1 N–H and O–H groups in total. The largest absolute Gasteiger partial charge is 0.377 e. The van der Waals surface area contributed by atoms with Gasteiger partial charge in [-0.3, -0.25) is 0 Å². The van der Waals surface area contributed by atoms with Crippen LogP contribution in [0.4, 0.5) is 0 Å². The predicted molar refractivity (Wildman–Crippen MR) is 71.8 cm³/mol. The molecule has 2 nitrogen and oxygen atoms in total. The van der Waals surface area contributed by atoms with E-state index in [-0.39, 0.29) is 5.54 Å². The molecule has 16 heavy (non-hydrogen) atoms. The summed E-state index contributed by atoms with van der Waals surface area (Å²) in [5.41, 5.74) is 0.177. The highest BCUT2D eigenvalue weighted by Gasteiger charge is 2.13. The summed E-state index contributed by atoms with van der Waals surface area (Å²) in [7, 11) is 0. The summed E-state index contributed by atoms with van der Waals surface area (Å²) in [6.07, 6.45) is 6.75. The average molecular weight is 227 g/mol. The molecule has 0 heterocycles. The summed E-state index contributed by atoms with van der Waals surface area (Å²) in [6, 6.07) is 0. The zero-order valence-electron chi connectivity index (χ0n) is 11.5. The normalized spacial score (nSPS) is 13.8. The standard InChI is InChI=1S/C14H29NO/c1-6-8-9-11-16-13(10-7-2)12-15-14(3,4)5/h6,13,15H,1,7-12H2,2-5H3. The maximum Gasteiger partial charge on any atom is 0.0699 e. The first-order valence-corrected chi connectivity index (χ1v) is 6.47. The lowest BCUT2D eigenvalue weighted by Gasteiger charge is -2.25. The second kappa shape index (κ2) is 8.77. The van der Waals surface area contributed by atoms with Crippen molar-refractivity contribution in [2.75, 3.05) is 13.2 Å². The van der Waals surface area contributed by atoms with Crippen LogP contribution < -0.4 is 5.32 Å². The quantitative estimate of drug-likeness (QED) is 0.480. The van der Waals surface area contributed by atoms with Gasteiger partial charge in [-0.05, 0) is 40.0 Å². The number of rotatable bonds is 9. The van der Waals surface area contributed by atoms with Gasteiger partial charge in [0.2, 0.25) is 0 Å². The predicted octanol–water partition coefficient (Wildman–Crippen LogP) is 3.53. The average Bonchev–Trinajstić information content (AvgIpc) is 2.19. The molecular formula is C14H29NO. The molecule has 0 spiro atoms. The number of unbranched alkanes of at least 4 members (excludes halogenated alkanes) is 1. The second-order valence-electron chi connectivity index (χ2n) is 5.34. The number of hydrogen-bond donors (Lipinski definition) is 1. The van der Waals surface area contributed by atoms with Crippen LogP contribution in [0.3, 0.4) is 0 Å². The van der Waals surface area contributed by atoms with Crippen LogP contribution in [-0.4, -0.2) is 24.8 Å². The Kier molecular flexibility index (Phi) is 8.58. The highest BCUT2D eigenvalue weighted by molar-refractivity contribution is 4.73. The van der Waals surface area contributed by atoms with Gasteiger partial charge >= 0.3 is 0 Å². The molecule has 0 aliphatic rings. The Morgan fingerprint density at radius 3 is 2.56 bits per heavy atom. The van der Waals surface area contributed by atoms with E-state index in [1.165, 1.54) is 6.42 Å². The van der Waals surface area contributed by atoms with E-state index in [0.717, 1.165) is 32.4 Å². The molecular weight excluding hydrogens is 198 g/mol. The maximum atomic E-state index is 5.87. The molecule has 1 atom stereocenters. The molecule has 0 aromatic rings. The first-order chi connectivity index (χ1) is 7.49. The lowest BCUT2D eigenvalue weighted by Crippen LogP contribution is -2.41. The van der Waals surface area contributed by atoms with Gasteiger partial charge in [0, 0.05) is 18.7 Å². The Balaban J connectivity index is 3.74. The van der Waals surface area contributed by atoms with Gasteiger partial charge in [-0.15, -0.1) is 6.58 Å². The smallest absolute Gasteiger partial charge is 0.0699 e. The Morgan fingerprint density at radius 2 is 2.06 bits per heavy atom. The summed E-state index contributed by atoms with van der Waals surface area (Å²) >= 11 is 0. The summed E-state index contributed by atoms with van der Waals surface area (Å²) in [4.78, 5) is 0. The van der Waals surface area contributed by atoms with Gasteiger partial charge in [0.05, 0.1) is 6.10 Å². The van der Waals surface area contributed by atoms with E-state index in [0.29, 0.717) is 6.10 Å². The topological polar surface area (TPSA) is 21.3 Å². The van der Waals surface area contributed by atoms with Crippen LogP contribution in [0.5, 0.6) is 0 Å². The summed E-state index contributed by atoms with van der Waals surface area (Å²) < 4.78 is 5.87. The molecule has 0 aromatic heterocycles. The molecule has 0 aliphatic heterocycles. The fraction of sp³-hybridized carbons (Fsp3) is 0.857. The van der Waals surface area contributed by atoms with E-state index < -0.39 is 0 Å². The molecule has 0 aliphatic carbocycles. The lowest BCUT2D eigenvalue weighted by atomic mass is 10.1. The molecule has 0 amide bonds. The van der Waals surface area contributed by atoms with Crippen molar-refractivity contribution in [2.45, 2.75) is 65.0 Å². The van der Waals surface area contributed by atoms with Crippen molar-refractivity contribution in [2.24, 2.45) is 0 Å². The number of ether oxygens (including phenoxy) is 1. The minimum Gasteiger partial charge on any atom is -0.377 e. The SMILES string of the molecule is C=CCCCOC(CCC)CNC(C)(C)C. The Morgan fingerprint density at radius 1 is 1.38 bits per heavy atom. The first kappa shape index (κ1) is 15.7. The van der Waals surface area contributed by atoms with Crippen molar-refractivity contribution < 1.29 is 4.74 Å². The molecule has 0 saturated heterocycles. The van der Waals surface area contributed by atoms with Crippen molar-refractivity contribution in [3.8, 4) is 0 Å². The van der Waals surface area contributed by atoms with E-state index in [2.05, 4.69) is 39.6 Å². The van der Waals surface area contributed by atoms with E-state index in [4.69, 9.17) is 4.74 Å². The monoisotopic (exact) mass is 227 g/mol. The zero-order chi connectivity index (χ0) is 12.4. The van der Waals surface area contributed by atoms with Crippen LogP contribution in [0.2, 0.25) is 0 Å². The fourth-order valence-electron chi connectivity index (χ4n) is 1.46. The molecule has 0 fully saturated rings. The van der Waals surface area contributed by atoms with Gasteiger partial charge < -0.3 is 10.1 Å². The molecule has 96 valence electrons. The van der Waals surface area contributed by atoms with Crippen LogP contribution in [0, 0.1) is 0 Å². The van der Waals surface area contributed by atoms with E-state index >= 15 is 0 Å². The minimum absolute atomic E-state index is 0.177. The Bertz CT molecular complexity index is 172. The molecule has 0 bridgehead atoms. The number of nitrogens with one attached hydrogen (secondary N) is 1. The van der Waals surface area contributed by atoms with Crippen LogP contribution in [0.15, 0.2) is 12.7 Å². The van der Waals surface area contributed by atoms with Crippen molar-refractivity contribution in [3.63, 3.8) is 0 Å². The molecule has 0 rings (SSSR count). The van der Waals surface area contributed by atoms with Gasteiger partial charge in [0.25, 0.3) is 0 Å². The van der Waals surface area contributed by atoms with Crippen molar-refractivity contribution >= 4 is 0 Å². The van der Waals surface area contributed by atoms with Gasteiger partial charge in [0.15, 0.2) is 0 Å². The zero-order valence-corrected chi connectivity index (χ0v) is 11.5. The van der Waals surface area contributed by atoms with Gasteiger partial charge in [-0.1, -0.05) is 19.4 Å². The van der Waals surface area contributed by atoms with Gasteiger partial charge in [0.1, 0.15) is 0 Å². The number of hydrogen-bond acceptors (Lipinski definition) is 2. The highest BCUT2D eigenvalue weighted by Crippen LogP contribution is 2.06. The molecule has 0 aromatic carbocycles. The third-order valence-electron chi connectivity index (χ3n) is 2.38. The maximum absolute atomic E-state index is 5.87. The van der Waals surface area contributed by atoms with E-state index in [1.54, 1.807) is 0 Å². The third-order valence-corrected chi connectivity index (χ3v) is 2.38. The van der Waals surface area contributed by atoms with Crippen molar-refractivity contribution in [1.82, 2.24) is 5.32 Å². The van der Waals surface area contributed by atoms with Crippen LogP contribution in [0.25, 0.3) is 0 Å². The lowest BCUT2D eigenvalue weighted by molar-refractivity contribution is 0.0419. The van der Waals surface area contributed by atoms with Crippen LogP contribution in [-0.2, 0) is 4.74 Å². The Labute approximate surface area is 101 Å². The van der Waals surface area contributed by atoms with Crippen LogP contribution >= 0.6 is 0 Å². The van der Waals surface area contributed by atoms with Crippen molar-refractivity contribution in [1.29, 1.82) is 0 Å². The third kappa shape index (κ3) is 10.2. The summed E-state index contributed by atoms with van der Waals surface area (Å²) in [5.74, 6) is 0. The summed E-state index contributed by atoms with van der Waals surface area (Å²) in [6.45, 7) is 14.3. The van der Waals surface area contributed by atoms with Crippen molar-refractivity contribution in [3.05, 3.63) is 12.7 Å². The van der Waals surface area contributed by atoms with Crippen LogP contribution in [0.1, 0.15) is 53.4 Å². The molecule has 2 heteroatoms. The fourth-order valence-corrected chi connectivity index (χ4v) is 1.46. The molecule has 1 unspecified atom stereocenters. The second-order valence-corrected chi connectivity index (χ2v) is 5.34. The first-order valence-electron chi connectivity index (χ1n) is 6.47.